The van der Waals surface area contributed by atoms with Crippen LogP contribution in [0.25, 0.3) is 10.8 Å². The molecule has 0 spiro atoms. The van der Waals surface area contributed by atoms with Crippen molar-refractivity contribution < 1.29 is 0 Å². The second-order valence-corrected chi connectivity index (χ2v) is 5.98. The van der Waals surface area contributed by atoms with Gasteiger partial charge in [0.2, 0.25) is 0 Å². The SMILES string of the molecule is Cc1nnc(N2CCN(CCCCN)CC2)c2ccccc12. The topological polar surface area (TPSA) is 58.3 Å². The number of aromatic nitrogens is 2. The summed E-state index contributed by atoms with van der Waals surface area (Å²) in [6, 6.07) is 8.43. The minimum Gasteiger partial charge on any atom is -0.352 e. The third kappa shape index (κ3) is 3.20. The average Bonchev–Trinajstić information content (AvgIpc) is 2.57. The molecule has 0 saturated carbocycles. The minimum absolute atomic E-state index is 0.797. The maximum atomic E-state index is 5.57. The number of piperazine rings is 1. The van der Waals surface area contributed by atoms with E-state index in [1.807, 2.05) is 6.92 Å². The van der Waals surface area contributed by atoms with Gasteiger partial charge in [0, 0.05) is 37.0 Å². The van der Waals surface area contributed by atoms with Crippen LogP contribution in [0.1, 0.15) is 18.5 Å². The zero-order chi connectivity index (χ0) is 15.4. The smallest absolute Gasteiger partial charge is 0.159 e. The Morgan fingerprint density at radius 2 is 1.73 bits per heavy atom. The molecule has 1 fully saturated rings. The lowest BCUT2D eigenvalue weighted by molar-refractivity contribution is 0.253. The van der Waals surface area contributed by atoms with E-state index < -0.39 is 0 Å². The van der Waals surface area contributed by atoms with Gasteiger partial charge in [-0.3, -0.25) is 4.90 Å². The molecule has 3 rings (SSSR count). The zero-order valence-electron chi connectivity index (χ0n) is 13.3. The van der Waals surface area contributed by atoms with E-state index in [1.54, 1.807) is 0 Å². The van der Waals surface area contributed by atoms with Crippen LogP contribution in [-0.4, -0.2) is 54.4 Å². The number of benzene rings is 1. The maximum absolute atomic E-state index is 5.57. The summed E-state index contributed by atoms with van der Waals surface area (Å²) in [4.78, 5) is 4.89. The van der Waals surface area contributed by atoms with Gasteiger partial charge in [-0.2, -0.15) is 5.10 Å². The number of fused-ring (bicyclic) bond motifs is 1. The normalized spacial score (nSPS) is 16.4. The van der Waals surface area contributed by atoms with Gasteiger partial charge in [0.25, 0.3) is 0 Å². The van der Waals surface area contributed by atoms with E-state index >= 15 is 0 Å². The molecule has 1 aliphatic heterocycles. The van der Waals surface area contributed by atoms with Crippen molar-refractivity contribution >= 4 is 16.6 Å². The van der Waals surface area contributed by atoms with E-state index in [0.717, 1.165) is 57.2 Å². The van der Waals surface area contributed by atoms with E-state index in [0.29, 0.717) is 0 Å². The van der Waals surface area contributed by atoms with Crippen molar-refractivity contribution in [1.82, 2.24) is 15.1 Å². The second kappa shape index (κ2) is 7.03. The maximum Gasteiger partial charge on any atom is 0.159 e. The second-order valence-electron chi connectivity index (χ2n) is 5.98. The number of hydrogen-bond donors (Lipinski definition) is 1. The molecule has 0 amide bonds. The van der Waals surface area contributed by atoms with Crippen molar-refractivity contribution in [2.75, 3.05) is 44.2 Å². The number of nitrogens with zero attached hydrogens (tertiary/aromatic N) is 4. The van der Waals surface area contributed by atoms with Crippen molar-refractivity contribution in [3.05, 3.63) is 30.0 Å². The third-order valence-corrected chi connectivity index (χ3v) is 4.45. The highest BCUT2D eigenvalue weighted by molar-refractivity contribution is 5.93. The molecule has 5 heteroatoms. The summed E-state index contributed by atoms with van der Waals surface area (Å²) in [6.45, 7) is 8.20. The molecular formula is C17H25N5. The molecule has 2 heterocycles. The van der Waals surface area contributed by atoms with Gasteiger partial charge in [-0.15, -0.1) is 5.10 Å². The first-order valence-electron chi connectivity index (χ1n) is 8.19. The van der Waals surface area contributed by atoms with Crippen LogP contribution in [0.2, 0.25) is 0 Å². The largest absolute Gasteiger partial charge is 0.352 e. The number of nitrogens with two attached hydrogens (primary N) is 1. The fourth-order valence-electron chi connectivity index (χ4n) is 3.12. The summed E-state index contributed by atoms with van der Waals surface area (Å²) < 4.78 is 0. The molecule has 1 aromatic carbocycles. The van der Waals surface area contributed by atoms with Gasteiger partial charge in [-0.25, -0.2) is 0 Å². The molecule has 0 radical (unpaired) electrons. The Kier molecular flexibility index (Phi) is 4.85. The molecule has 0 bridgehead atoms. The van der Waals surface area contributed by atoms with Gasteiger partial charge in [-0.1, -0.05) is 24.3 Å². The van der Waals surface area contributed by atoms with Gasteiger partial charge in [0.05, 0.1) is 5.69 Å². The predicted molar refractivity (Wildman–Crippen MR) is 91.2 cm³/mol. The molecule has 5 nitrogen and oxygen atoms in total. The fraction of sp³-hybridized carbons (Fsp3) is 0.529. The first-order valence-corrected chi connectivity index (χ1v) is 8.19. The highest BCUT2D eigenvalue weighted by Gasteiger charge is 2.20. The summed E-state index contributed by atoms with van der Waals surface area (Å²) in [6.07, 6.45) is 2.32. The molecular weight excluding hydrogens is 274 g/mol. The van der Waals surface area contributed by atoms with E-state index in [-0.39, 0.29) is 0 Å². The fourth-order valence-corrected chi connectivity index (χ4v) is 3.12. The summed E-state index contributed by atoms with van der Waals surface area (Å²) in [5, 5.41) is 11.2. The van der Waals surface area contributed by atoms with E-state index in [1.165, 1.54) is 17.2 Å². The molecule has 2 N–H and O–H groups in total. The third-order valence-electron chi connectivity index (χ3n) is 4.45. The van der Waals surface area contributed by atoms with Crippen LogP contribution in [0.5, 0.6) is 0 Å². The molecule has 1 saturated heterocycles. The Morgan fingerprint density at radius 1 is 1.00 bits per heavy atom. The number of anilines is 1. The van der Waals surface area contributed by atoms with Gasteiger partial charge >= 0.3 is 0 Å². The summed E-state index contributed by atoms with van der Waals surface area (Å²) in [5.74, 6) is 1.03. The molecule has 1 aromatic heterocycles. The van der Waals surface area contributed by atoms with Crippen LogP contribution in [0.3, 0.4) is 0 Å². The lowest BCUT2D eigenvalue weighted by atomic mass is 10.1. The Morgan fingerprint density at radius 3 is 2.45 bits per heavy atom. The van der Waals surface area contributed by atoms with Crippen LogP contribution in [0.15, 0.2) is 24.3 Å². The van der Waals surface area contributed by atoms with Crippen molar-refractivity contribution in [3.8, 4) is 0 Å². The summed E-state index contributed by atoms with van der Waals surface area (Å²) in [7, 11) is 0. The monoisotopic (exact) mass is 299 g/mol. The molecule has 22 heavy (non-hydrogen) atoms. The Balaban J connectivity index is 1.70. The molecule has 0 aliphatic carbocycles. The lowest BCUT2D eigenvalue weighted by Crippen LogP contribution is -2.47. The van der Waals surface area contributed by atoms with Gasteiger partial charge in [-0.05, 0) is 32.9 Å². The number of rotatable bonds is 5. The minimum atomic E-state index is 0.797. The predicted octanol–water partition coefficient (Wildman–Crippen LogP) is 1.80. The van der Waals surface area contributed by atoms with E-state index in [2.05, 4.69) is 44.3 Å². The Hall–Kier alpha value is -1.72. The number of aryl methyl sites for hydroxylation is 1. The van der Waals surface area contributed by atoms with E-state index in [4.69, 9.17) is 5.73 Å². The molecule has 0 unspecified atom stereocenters. The summed E-state index contributed by atoms with van der Waals surface area (Å²) >= 11 is 0. The van der Waals surface area contributed by atoms with Crippen molar-refractivity contribution in [2.24, 2.45) is 5.73 Å². The molecule has 118 valence electrons. The van der Waals surface area contributed by atoms with Crippen LogP contribution in [0.4, 0.5) is 5.82 Å². The van der Waals surface area contributed by atoms with Crippen molar-refractivity contribution in [3.63, 3.8) is 0 Å². The lowest BCUT2D eigenvalue weighted by Gasteiger charge is -2.35. The van der Waals surface area contributed by atoms with Crippen LogP contribution < -0.4 is 10.6 Å². The molecule has 0 atom stereocenters. The van der Waals surface area contributed by atoms with Gasteiger partial charge in [0.15, 0.2) is 5.82 Å². The first kappa shape index (κ1) is 15.2. The molecule has 1 aliphatic rings. The van der Waals surface area contributed by atoms with Crippen LogP contribution >= 0.6 is 0 Å². The van der Waals surface area contributed by atoms with Gasteiger partial charge in [0.1, 0.15) is 0 Å². The van der Waals surface area contributed by atoms with Crippen molar-refractivity contribution in [1.29, 1.82) is 0 Å². The Labute approximate surface area is 132 Å². The zero-order valence-corrected chi connectivity index (χ0v) is 13.3. The van der Waals surface area contributed by atoms with Gasteiger partial charge < -0.3 is 10.6 Å². The van der Waals surface area contributed by atoms with Crippen LogP contribution in [-0.2, 0) is 0 Å². The highest BCUT2D eigenvalue weighted by Crippen LogP contribution is 2.26. The number of hydrogen-bond acceptors (Lipinski definition) is 5. The Bertz CT molecular complexity index is 619. The average molecular weight is 299 g/mol. The quantitative estimate of drug-likeness (QED) is 0.853. The first-order chi connectivity index (χ1) is 10.8. The molecule has 2 aromatic rings. The highest BCUT2D eigenvalue weighted by atomic mass is 15.3. The van der Waals surface area contributed by atoms with E-state index in [9.17, 15) is 0 Å². The van der Waals surface area contributed by atoms with Crippen LogP contribution in [0, 0.1) is 6.92 Å². The van der Waals surface area contributed by atoms with Crippen molar-refractivity contribution in [2.45, 2.75) is 19.8 Å². The standard InChI is InChI=1S/C17H25N5/c1-14-15-6-2-3-7-16(15)17(20-19-14)22-12-10-21(11-13-22)9-5-4-8-18/h2-3,6-7H,4-5,8-13,18H2,1H3. The summed E-state index contributed by atoms with van der Waals surface area (Å²) in [5.41, 5.74) is 6.57. The number of unbranched alkanes of at least 4 members (excludes halogenated alkanes) is 1.